The Kier molecular flexibility index (Phi) is 7.22. The highest BCUT2D eigenvalue weighted by Gasteiger charge is 2.06. The van der Waals surface area contributed by atoms with E-state index < -0.39 is 0 Å². The zero-order valence-electron chi connectivity index (χ0n) is 13.4. The van der Waals surface area contributed by atoms with Crippen molar-refractivity contribution in [2.75, 3.05) is 25.0 Å². The van der Waals surface area contributed by atoms with Crippen LogP contribution >= 0.6 is 23.2 Å². The van der Waals surface area contributed by atoms with Crippen LogP contribution in [0.3, 0.4) is 0 Å². The number of para-hydroxylation sites is 2. The molecule has 0 spiro atoms. The van der Waals surface area contributed by atoms with Crippen LogP contribution < -0.4 is 15.4 Å². The summed E-state index contributed by atoms with van der Waals surface area (Å²) in [5, 5.41) is 7.16. The lowest BCUT2D eigenvalue weighted by Crippen LogP contribution is -2.31. The van der Waals surface area contributed by atoms with Gasteiger partial charge in [-0.25, -0.2) is 0 Å². The number of anilines is 1. The van der Waals surface area contributed by atoms with E-state index in [2.05, 4.69) is 10.6 Å². The molecule has 128 valence electrons. The van der Waals surface area contributed by atoms with Crippen LogP contribution in [0.2, 0.25) is 10.0 Å². The second kappa shape index (κ2) is 9.40. The lowest BCUT2D eigenvalue weighted by Gasteiger charge is -2.12. The second-order valence-electron chi connectivity index (χ2n) is 5.12. The highest BCUT2D eigenvalue weighted by Crippen LogP contribution is 2.23. The van der Waals surface area contributed by atoms with Crippen LogP contribution in [0.4, 0.5) is 5.69 Å². The normalized spacial score (nSPS) is 10.3. The van der Waals surface area contributed by atoms with Crippen molar-refractivity contribution in [3.8, 4) is 5.75 Å². The van der Waals surface area contributed by atoms with Gasteiger partial charge in [-0.15, -0.1) is 0 Å². The molecule has 2 aromatic carbocycles. The van der Waals surface area contributed by atoms with E-state index in [0.29, 0.717) is 29.6 Å². The Bertz CT molecular complexity index is 692. The summed E-state index contributed by atoms with van der Waals surface area (Å²) in [6.07, 6.45) is 0.650. The summed E-state index contributed by atoms with van der Waals surface area (Å²) < 4.78 is 5.51. The van der Waals surface area contributed by atoms with E-state index in [-0.39, 0.29) is 12.5 Å². The number of hydrogen-bond acceptors (Lipinski definition) is 3. The standard InChI is InChI=1S/C18H20Cl2N2O2/c1-2-24-17-6-4-3-5-16(17)22-12-18(23)21-10-9-13-7-8-14(19)11-15(13)20/h3-8,11,22H,2,9-10,12H2,1H3,(H,21,23). The van der Waals surface area contributed by atoms with E-state index in [1.54, 1.807) is 12.1 Å². The smallest absolute Gasteiger partial charge is 0.239 e. The molecule has 0 unspecified atom stereocenters. The maximum atomic E-state index is 11.9. The largest absolute Gasteiger partial charge is 0.492 e. The Balaban J connectivity index is 1.77. The van der Waals surface area contributed by atoms with Gasteiger partial charge in [-0.05, 0) is 43.2 Å². The van der Waals surface area contributed by atoms with Crippen LogP contribution in [0, 0.1) is 0 Å². The molecule has 0 fully saturated rings. The number of benzene rings is 2. The molecule has 2 rings (SSSR count). The Labute approximate surface area is 152 Å². The van der Waals surface area contributed by atoms with E-state index in [1.165, 1.54) is 0 Å². The molecule has 0 saturated carbocycles. The SMILES string of the molecule is CCOc1ccccc1NCC(=O)NCCc1ccc(Cl)cc1Cl. The molecule has 0 aromatic heterocycles. The molecule has 0 aliphatic heterocycles. The van der Waals surface area contributed by atoms with Crippen LogP contribution in [-0.2, 0) is 11.2 Å². The molecular weight excluding hydrogens is 347 g/mol. The third kappa shape index (κ3) is 5.62. The number of amides is 1. The minimum atomic E-state index is -0.0913. The molecule has 0 aliphatic carbocycles. The quantitative estimate of drug-likeness (QED) is 0.737. The van der Waals surface area contributed by atoms with Gasteiger partial charge in [0, 0.05) is 16.6 Å². The third-order valence-corrected chi connectivity index (χ3v) is 3.94. The van der Waals surface area contributed by atoms with Gasteiger partial charge in [0.2, 0.25) is 5.91 Å². The molecule has 0 saturated heterocycles. The van der Waals surface area contributed by atoms with Crippen molar-refractivity contribution in [3.63, 3.8) is 0 Å². The molecule has 0 radical (unpaired) electrons. The summed E-state index contributed by atoms with van der Waals surface area (Å²) in [6, 6.07) is 12.9. The van der Waals surface area contributed by atoms with Crippen LogP contribution in [0.25, 0.3) is 0 Å². The number of rotatable bonds is 8. The Morgan fingerprint density at radius 3 is 2.71 bits per heavy atom. The van der Waals surface area contributed by atoms with Crippen molar-refractivity contribution in [1.82, 2.24) is 5.32 Å². The maximum absolute atomic E-state index is 11.9. The first-order chi connectivity index (χ1) is 11.6. The number of halogens is 2. The Hall–Kier alpha value is -1.91. The molecular formula is C18H20Cl2N2O2. The molecule has 0 heterocycles. The topological polar surface area (TPSA) is 50.4 Å². The molecule has 6 heteroatoms. The lowest BCUT2D eigenvalue weighted by molar-refractivity contribution is -0.119. The average Bonchev–Trinajstić information content (AvgIpc) is 2.56. The summed E-state index contributed by atoms with van der Waals surface area (Å²) >= 11 is 12.0. The number of carbonyl (C=O) groups excluding carboxylic acids is 1. The summed E-state index contributed by atoms with van der Waals surface area (Å²) in [4.78, 5) is 11.9. The fourth-order valence-electron chi connectivity index (χ4n) is 2.19. The first-order valence-electron chi connectivity index (χ1n) is 7.76. The van der Waals surface area contributed by atoms with Crippen LogP contribution in [0.1, 0.15) is 12.5 Å². The summed E-state index contributed by atoms with van der Waals surface area (Å²) in [6.45, 7) is 3.19. The van der Waals surface area contributed by atoms with E-state index >= 15 is 0 Å². The van der Waals surface area contributed by atoms with Gasteiger partial charge in [0.05, 0.1) is 18.8 Å². The first-order valence-corrected chi connectivity index (χ1v) is 8.52. The number of nitrogens with one attached hydrogen (secondary N) is 2. The fraction of sp³-hybridized carbons (Fsp3) is 0.278. The van der Waals surface area contributed by atoms with E-state index in [0.717, 1.165) is 17.0 Å². The summed E-state index contributed by atoms with van der Waals surface area (Å²) in [5.41, 5.74) is 1.76. The number of carbonyl (C=O) groups is 1. The van der Waals surface area contributed by atoms with Gasteiger partial charge in [-0.2, -0.15) is 0 Å². The zero-order chi connectivity index (χ0) is 17.4. The van der Waals surface area contributed by atoms with Crippen molar-refractivity contribution >= 4 is 34.8 Å². The fourth-order valence-corrected chi connectivity index (χ4v) is 2.70. The predicted octanol–water partition coefficient (Wildman–Crippen LogP) is 4.16. The third-order valence-electron chi connectivity index (χ3n) is 3.36. The zero-order valence-corrected chi connectivity index (χ0v) is 15.0. The average molecular weight is 367 g/mol. The van der Waals surface area contributed by atoms with Crippen molar-refractivity contribution in [1.29, 1.82) is 0 Å². The van der Waals surface area contributed by atoms with Crippen molar-refractivity contribution in [2.45, 2.75) is 13.3 Å². The Morgan fingerprint density at radius 2 is 1.96 bits per heavy atom. The molecule has 0 atom stereocenters. The highest BCUT2D eigenvalue weighted by atomic mass is 35.5. The van der Waals surface area contributed by atoms with Crippen molar-refractivity contribution in [3.05, 3.63) is 58.1 Å². The van der Waals surface area contributed by atoms with Crippen molar-refractivity contribution < 1.29 is 9.53 Å². The van der Waals surface area contributed by atoms with E-state index in [4.69, 9.17) is 27.9 Å². The number of hydrogen-bond donors (Lipinski definition) is 2. The second-order valence-corrected chi connectivity index (χ2v) is 5.96. The van der Waals surface area contributed by atoms with Gasteiger partial charge in [-0.1, -0.05) is 41.4 Å². The molecule has 0 aliphatic rings. The maximum Gasteiger partial charge on any atom is 0.239 e. The van der Waals surface area contributed by atoms with E-state index in [9.17, 15) is 4.79 Å². The lowest BCUT2D eigenvalue weighted by atomic mass is 10.1. The molecule has 4 nitrogen and oxygen atoms in total. The molecule has 0 bridgehead atoms. The van der Waals surface area contributed by atoms with Gasteiger partial charge in [0.25, 0.3) is 0 Å². The minimum Gasteiger partial charge on any atom is -0.492 e. The van der Waals surface area contributed by atoms with Gasteiger partial charge in [0.15, 0.2) is 0 Å². The monoisotopic (exact) mass is 366 g/mol. The molecule has 1 amide bonds. The molecule has 24 heavy (non-hydrogen) atoms. The first kappa shape index (κ1) is 18.4. The van der Waals surface area contributed by atoms with Crippen molar-refractivity contribution in [2.24, 2.45) is 0 Å². The predicted molar refractivity (Wildman–Crippen MR) is 99.3 cm³/mol. The van der Waals surface area contributed by atoms with Crippen LogP contribution in [-0.4, -0.2) is 25.6 Å². The van der Waals surface area contributed by atoms with E-state index in [1.807, 2.05) is 37.3 Å². The van der Waals surface area contributed by atoms with Gasteiger partial charge < -0.3 is 15.4 Å². The van der Waals surface area contributed by atoms with Gasteiger partial charge in [-0.3, -0.25) is 4.79 Å². The highest BCUT2D eigenvalue weighted by molar-refractivity contribution is 6.35. The van der Waals surface area contributed by atoms with Crippen LogP contribution in [0.15, 0.2) is 42.5 Å². The summed E-state index contributed by atoms with van der Waals surface area (Å²) in [5.74, 6) is 0.645. The minimum absolute atomic E-state index is 0.0913. The van der Waals surface area contributed by atoms with Crippen LogP contribution in [0.5, 0.6) is 5.75 Å². The number of ether oxygens (including phenoxy) is 1. The van der Waals surface area contributed by atoms with Gasteiger partial charge in [0.1, 0.15) is 5.75 Å². The Morgan fingerprint density at radius 1 is 1.17 bits per heavy atom. The summed E-state index contributed by atoms with van der Waals surface area (Å²) in [7, 11) is 0. The molecule has 2 N–H and O–H groups in total. The van der Waals surface area contributed by atoms with Gasteiger partial charge >= 0.3 is 0 Å². The molecule has 2 aromatic rings.